The summed E-state index contributed by atoms with van der Waals surface area (Å²) in [5.41, 5.74) is 3.19. The van der Waals surface area contributed by atoms with Gasteiger partial charge in [0.25, 0.3) is 0 Å². The van der Waals surface area contributed by atoms with E-state index in [0.29, 0.717) is 33.4 Å². The molecule has 0 fully saturated rings. The van der Waals surface area contributed by atoms with Crippen LogP contribution in [0.4, 0.5) is 23.7 Å². The van der Waals surface area contributed by atoms with Crippen LogP contribution in [0.15, 0.2) is 52.1 Å². The number of anilines is 1. The van der Waals surface area contributed by atoms with Gasteiger partial charge in [-0.25, -0.2) is 9.80 Å². The summed E-state index contributed by atoms with van der Waals surface area (Å²) in [6.07, 6.45) is -4.07. The van der Waals surface area contributed by atoms with Crippen molar-refractivity contribution in [3.8, 4) is 0 Å². The predicted octanol–water partition coefficient (Wildman–Crippen LogP) is 4.64. The number of hydrogen-bond donors (Lipinski definition) is 3. The van der Waals surface area contributed by atoms with Crippen LogP contribution in [0.2, 0.25) is 0 Å². The van der Waals surface area contributed by atoms with Crippen LogP contribution in [-0.2, 0) is 17.6 Å². The second kappa shape index (κ2) is 10.4. The number of carbonyl (C=O) groups excluding carboxylic acids is 1. The van der Waals surface area contributed by atoms with Crippen molar-refractivity contribution < 1.29 is 22.8 Å². The van der Waals surface area contributed by atoms with Gasteiger partial charge in [0.1, 0.15) is 6.61 Å². The quantitative estimate of drug-likeness (QED) is 0.301. The summed E-state index contributed by atoms with van der Waals surface area (Å²) in [4.78, 5) is 17.4. The maximum Gasteiger partial charge on any atom is 0.416 e. The first kappa shape index (κ1) is 23.6. The van der Waals surface area contributed by atoms with E-state index in [-0.39, 0.29) is 6.61 Å². The minimum absolute atomic E-state index is 0.0285. The first-order chi connectivity index (χ1) is 14.2. The van der Waals surface area contributed by atoms with Crippen molar-refractivity contribution >= 4 is 33.4 Å². The van der Waals surface area contributed by atoms with Crippen molar-refractivity contribution in [3.63, 3.8) is 0 Å². The minimum Gasteiger partial charge on any atom is -0.391 e. The number of benzene rings is 2. The van der Waals surface area contributed by atoms with Crippen molar-refractivity contribution in [1.82, 2.24) is 10.5 Å². The van der Waals surface area contributed by atoms with Gasteiger partial charge in [-0.15, -0.1) is 0 Å². The van der Waals surface area contributed by atoms with Gasteiger partial charge in [0.2, 0.25) is 0 Å². The third kappa shape index (κ3) is 6.18. The van der Waals surface area contributed by atoms with Gasteiger partial charge in [0.15, 0.2) is 0 Å². The zero-order chi connectivity index (χ0) is 22.3. The fourth-order valence-corrected chi connectivity index (χ4v) is 2.93. The Kier molecular flexibility index (Phi) is 8.21. The molecule has 4 N–H and O–H groups in total. The molecule has 0 aliphatic rings. The largest absolute Gasteiger partial charge is 0.416 e. The number of rotatable bonds is 7. The molecule has 0 heterocycles. The number of urea groups is 1. The molecule has 2 aromatic carbocycles. The Bertz CT molecular complexity index is 921. The highest BCUT2D eigenvalue weighted by Crippen LogP contribution is 2.30. The predicted molar refractivity (Wildman–Crippen MR) is 111 cm³/mol. The molecule has 0 aliphatic carbocycles. The first-order valence-electron chi connectivity index (χ1n) is 8.82. The van der Waals surface area contributed by atoms with Crippen LogP contribution in [0.5, 0.6) is 0 Å². The summed E-state index contributed by atoms with van der Waals surface area (Å²) in [5, 5.41) is 7.74. The van der Waals surface area contributed by atoms with E-state index in [1.807, 2.05) is 0 Å². The SMILES string of the molecule is CC/C(=N\OCc1c(Br)cccc1NC(=O)N(C)NN)c1cccc(C(F)(F)F)c1. The lowest BCUT2D eigenvalue weighted by molar-refractivity contribution is -0.137. The maximum absolute atomic E-state index is 13.0. The topological polar surface area (TPSA) is 92.0 Å². The zero-order valence-electron chi connectivity index (χ0n) is 16.3. The highest BCUT2D eigenvalue weighted by molar-refractivity contribution is 9.10. The average Bonchev–Trinajstić information content (AvgIpc) is 2.71. The number of nitrogens with one attached hydrogen (secondary N) is 2. The molecule has 0 bridgehead atoms. The van der Waals surface area contributed by atoms with E-state index >= 15 is 0 Å². The van der Waals surface area contributed by atoms with Gasteiger partial charge >= 0.3 is 12.2 Å². The summed E-state index contributed by atoms with van der Waals surface area (Å²) in [5.74, 6) is 5.21. The smallest absolute Gasteiger partial charge is 0.391 e. The summed E-state index contributed by atoms with van der Waals surface area (Å²) < 4.78 is 39.5. The van der Waals surface area contributed by atoms with Crippen molar-refractivity contribution in [2.75, 3.05) is 12.4 Å². The van der Waals surface area contributed by atoms with Gasteiger partial charge in [-0.2, -0.15) is 18.7 Å². The molecule has 2 amide bonds. The second-order valence-corrected chi connectivity index (χ2v) is 6.98. The van der Waals surface area contributed by atoms with Crippen LogP contribution in [0, 0.1) is 0 Å². The summed E-state index contributed by atoms with van der Waals surface area (Å²) in [6, 6.07) is 9.56. The Morgan fingerprint density at radius 1 is 1.27 bits per heavy atom. The van der Waals surface area contributed by atoms with Gasteiger partial charge in [-0.05, 0) is 36.2 Å². The molecule has 0 radical (unpaired) electrons. The monoisotopic (exact) mass is 487 g/mol. The number of alkyl halides is 3. The molecule has 30 heavy (non-hydrogen) atoms. The zero-order valence-corrected chi connectivity index (χ0v) is 17.8. The van der Waals surface area contributed by atoms with E-state index in [2.05, 4.69) is 31.9 Å². The number of carbonyl (C=O) groups is 1. The number of hydrazine groups is 2. The highest BCUT2D eigenvalue weighted by atomic mass is 79.9. The van der Waals surface area contributed by atoms with E-state index in [1.54, 1.807) is 31.2 Å². The van der Waals surface area contributed by atoms with Crippen LogP contribution >= 0.6 is 15.9 Å². The molecule has 11 heteroatoms. The van der Waals surface area contributed by atoms with Gasteiger partial charge in [-0.3, -0.25) is 5.84 Å². The standard InChI is InChI=1S/C19H21BrF3N5O2/c1-3-16(12-6-4-7-13(10-12)19(21,22)23)26-30-11-14-15(20)8-5-9-17(14)25-18(29)28(2)27-24/h4-10,27H,3,11,24H2,1-2H3,(H,25,29)/b26-16+. The molecular weight excluding hydrogens is 467 g/mol. The Hall–Kier alpha value is -2.63. The Morgan fingerprint density at radius 2 is 1.97 bits per heavy atom. The Morgan fingerprint density at radius 3 is 2.60 bits per heavy atom. The third-order valence-corrected chi connectivity index (χ3v) is 4.84. The lowest BCUT2D eigenvalue weighted by Gasteiger charge is -2.18. The van der Waals surface area contributed by atoms with Gasteiger partial charge < -0.3 is 10.2 Å². The first-order valence-corrected chi connectivity index (χ1v) is 9.61. The second-order valence-electron chi connectivity index (χ2n) is 6.13. The lowest BCUT2D eigenvalue weighted by Crippen LogP contribution is -2.46. The Labute approximate surface area is 180 Å². The lowest BCUT2D eigenvalue weighted by atomic mass is 10.0. The third-order valence-electron chi connectivity index (χ3n) is 4.10. The summed E-state index contributed by atoms with van der Waals surface area (Å²) in [6.45, 7) is 1.74. The number of nitrogens with two attached hydrogens (primary N) is 1. The normalized spacial score (nSPS) is 11.9. The molecule has 0 atom stereocenters. The van der Waals surface area contributed by atoms with Crippen LogP contribution in [0.1, 0.15) is 30.0 Å². The molecule has 2 rings (SSSR count). The van der Waals surface area contributed by atoms with Crippen LogP contribution in [-0.4, -0.2) is 23.8 Å². The van der Waals surface area contributed by atoms with E-state index in [1.165, 1.54) is 13.1 Å². The van der Waals surface area contributed by atoms with Gasteiger partial charge in [0, 0.05) is 17.1 Å². The fraction of sp³-hybridized carbons (Fsp3) is 0.263. The molecule has 0 unspecified atom stereocenters. The van der Waals surface area contributed by atoms with Crippen molar-refractivity contribution in [1.29, 1.82) is 0 Å². The number of oxime groups is 1. The van der Waals surface area contributed by atoms with Crippen LogP contribution < -0.4 is 16.7 Å². The summed E-state index contributed by atoms with van der Waals surface area (Å²) >= 11 is 3.39. The van der Waals surface area contributed by atoms with Crippen molar-refractivity contribution in [2.24, 2.45) is 11.0 Å². The van der Waals surface area contributed by atoms with E-state index in [9.17, 15) is 18.0 Å². The molecule has 2 aromatic rings. The van der Waals surface area contributed by atoms with E-state index in [0.717, 1.165) is 17.1 Å². The molecular formula is C19H21BrF3N5O2. The van der Waals surface area contributed by atoms with Gasteiger partial charge in [-0.1, -0.05) is 46.2 Å². The molecule has 0 aromatic heterocycles. The minimum atomic E-state index is -4.44. The molecule has 0 spiro atoms. The fourth-order valence-electron chi connectivity index (χ4n) is 2.45. The molecule has 7 nitrogen and oxygen atoms in total. The highest BCUT2D eigenvalue weighted by Gasteiger charge is 2.30. The van der Waals surface area contributed by atoms with Crippen LogP contribution in [0.25, 0.3) is 0 Å². The maximum atomic E-state index is 13.0. The molecule has 0 saturated carbocycles. The average molecular weight is 488 g/mol. The van der Waals surface area contributed by atoms with E-state index in [4.69, 9.17) is 10.7 Å². The molecule has 0 aliphatic heterocycles. The number of amides is 2. The van der Waals surface area contributed by atoms with E-state index < -0.39 is 17.8 Å². The van der Waals surface area contributed by atoms with Crippen LogP contribution in [0.3, 0.4) is 0 Å². The Balaban J connectivity index is 2.20. The number of halogens is 4. The van der Waals surface area contributed by atoms with Crippen molar-refractivity contribution in [2.45, 2.75) is 26.1 Å². The molecule has 0 saturated heterocycles. The number of hydrogen-bond acceptors (Lipinski definition) is 5. The number of nitrogens with zero attached hydrogens (tertiary/aromatic N) is 2. The molecule has 162 valence electrons. The van der Waals surface area contributed by atoms with Gasteiger partial charge in [0.05, 0.1) is 17.0 Å². The summed E-state index contributed by atoms with van der Waals surface area (Å²) in [7, 11) is 1.44. The van der Waals surface area contributed by atoms with Crippen molar-refractivity contribution in [3.05, 3.63) is 63.6 Å².